The molecule has 0 bridgehead atoms. The number of aliphatic hydroxyl groups excluding tert-OH is 1. The standard InChI is InChI=1S/C15H21BrN2O2/c1-12-11-13(16)3-4-14(12)15(20)18-6-2-5-17(7-8-18)9-10-19/h3-4,11,19H,2,5-10H2,1H3. The van der Waals surface area contributed by atoms with Gasteiger partial charge in [0, 0.05) is 36.2 Å². The molecule has 0 atom stereocenters. The minimum absolute atomic E-state index is 0.112. The molecule has 1 aliphatic rings. The summed E-state index contributed by atoms with van der Waals surface area (Å²) >= 11 is 3.42. The Kier molecular flexibility index (Phi) is 5.57. The molecule has 1 aromatic rings. The van der Waals surface area contributed by atoms with Crippen LogP contribution in [0.15, 0.2) is 22.7 Å². The first kappa shape index (κ1) is 15.5. The third-order valence-electron chi connectivity index (χ3n) is 3.71. The molecule has 1 aromatic carbocycles. The van der Waals surface area contributed by atoms with Crippen LogP contribution in [0.5, 0.6) is 0 Å². The van der Waals surface area contributed by atoms with E-state index in [2.05, 4.69) is 20.8 Å². The predicted octanol–water partition coefficient (Wildman–Crippen LogP) is 1.90. The van der Waals surface area contributed by atoms with E-state index in [1.807, 2.05) is 30.0 Å². The van der Waals surface area contributed by atoms with Crippen LogP contribution in [0.25, 0.3) is 0 Å². The fraction of sp³-hybridized carbons (Fsp3) is 0.533. The number of nitrogens with zero attached hydrogens (tertiary/aromatic N) is 2. The van der Waals surface area contributed by atoms with Gasteiger partial charge in [0.05, 0.1) is 6.61 Å². The number of halogens is 1. The van der Waals surface area contributed by atoms with Gasteiger partial charge in [0.15, 0.2) is 0 Å². The normalized spacial score (nSPS) is 17.1. The van der Waals surface area contributed by atoms with E-state index in [-0.39, 0.29) is 12.5 Å². The van der Waals surface area contributed by atoms with Crippen LogP contribution in [0.3, 0.4) is 0 Å². The molecular weight excluding hydrogens is 320 g/mol. The topological polar surface area (TPSA) is 43.8 Å². The maximum atomic E-state index is 12.6. The summed E-state index contributed by atoms with van der Waals surface area (Å²) in [6, 6.07) is 5.78. The second-order valence-corrected chi connectivity index (χ2v) is 6.09. The van der Waals surface area contributed by atoms with Crippen molar-refractivity contribution in [1.82, 2.24) is 9.80 Å². The molecule has 0 radical (unpaired) electrons. The van der Waals surface area contributed by atoms with E-state index in [1.54, 1.807) is 0 Å². The molecule has 0 aromatic heterocycles. The Morgan fingerprint density at radius 3 is 2.80 bits per heavy atom. The van der Waals surface area contributed by atoms with Crippen LogP contribution in [0.2, 0.25) is 0 Å². The third kappa shape index (κ3) is 3.81. The summed E-state index contributed by atoms with van der Waals surface area (Å²) < 4.78 is 0.997. The van der Waals surface area contributed by atoms with Gasteiger partial charge in [-0.3, -0.25) is 9.69 Å². The van der Waals surface area contributed by atoms with Crippen LogP contribution in [0.4, 0.5) is 0 Å². The van der Waals surface area contributed by atoms with Crippen molar-refractivity contribution >= 4 is 21.8 Å². The molecule has 5 heteroatoms. The smallest absolute Gasteiger partial charge is 0.254 e. The van der Waals surface area contributed by atoms with E-state index in [0.717, 1.165) is 48.2 Å². The van der Waals surface area contributed by atoms with Gasteiger partial charge in [-0.1, -0.05) is 15.9 Å². The Labute approximate surface area is 128 Å². The van der Waals surface area contributed by atoms with Crippen molar-refractivity contribution in [3.8, 4) is 0 Å². The van der Waals surface area contributed by atoms with Gasteiger partial charge in [0.2, 0.25) is 0 Å². The summed E-state index contributed by atoms with van der Waals surface area (Å²) in [6.07, 6.45) is 0.960. The molecule has 1 fully saturated rings. The van der Waals surface area contributed by atoms with Gasteiger partial charge in [-0.2, -0.15) is 0 Å². The first-order valence-corrected chi connectivity index (χ1v) is 7.80. The second kappa shape index (κ2) is 7.20. The van der Waals surface area contributed by atoms with Gasteiger partial charge in [-0.15, -0.1) is 0 Å². The zero-order chi connectivity index (χ0) is 14.5. The van der Waals surface area contributed by atoms with Crippen LogP contribution in [-0.2, 0) is 0 Å². The third-order valence-corrected chi connectivity index (χ3v) is 4.20. The molecular formula is C15H21BrN2O2. The highest BCUT2D eigenvalue weighted by Gasteiger charge is 2.21. The van der Waals surface area contributed by atoms with E-state index in [1.165, 1.54) is 0 Å². The number of rotatable bonds is 3. The number of carbonyl (C=O) groups is 1. The summed E-state index contributed by atoms with van der Waals surface area (Å²) in [6.45, 7) is 6.14. The summed E-state index contributed by atoms with van der Waals surface area (Å²) in [5.41, 5.74) is 1.78. The van der Waals surface area contributed by atoms with Gasteiger partial charge < -0.3 is 10.0 Å². The van der Waals surface area contributed by atoms with E-state index >= 15 is 0 Å². The molecule has 0 saturated carbocycles. The van der Waals surface area contributed by atoms with Crippen LogP contribution in [0.1, 0.15) is 22.3 Å². The lowest BCUT2D eigenvalue weighted by Crippen LogP contribution is -2.36. The highest BCUT2D eigenvalue weighted by Crippen LogP contribution is 2.18. The second-order valence-electron chi connectivity index (χ2n) is 5.17. The highest BCUT2D eigenvalue weighted by atomic mass is 79.9. The maximum absolute atomic E-state index is 12.6. The first-order chi connectivity index (χ1) is 9.61. The van der Waals surface area contributed by atoms with Crippen molar-refractivity contribution in [3.05, 3.63) is 33.8 Å². The molecule has 4 nitrogen and oxygen atoms in total. The number of carbonyl (C=O) groups excluding carboxylic acids is 1. The van der Waals surface area contributed by atoms with E-state index < -0.39 is 0 Å². The molecule has 20 heavy (non-hydrogen) atoms. The maximum Gasteiger partial charge on any atom is 0.254 e. The largest absolute Gasteiger partial charge is 0.395 e. The Balaban J connectivity index is 2.05. The van der Waals surface area contributed by atoms with Gasteiger partial charge in [-0.25, -0.2) is 0 Å². The zero-order valence-corrected chi connectivity index (χ0v) is 13.4. The summed E-state index contributed by atoms with van der Waals surface area (Å²) in [5, 5.41) is 9.00. The molecule has 1 aliphatic heterocycles. The SMILES string of the molecule is Cc1cc(Br)ccc1C(=O)N1CCCN(CCO)CC1. The molecule has 1 heterocycles. The number of benzene rings is 1. The van der Waals surface area contributed by atoms with Gasteiger partial charge in [0.1, 0.15) is 0 Å². The highest BCUT2D eigenvalue weighted by molar-refractivity contribution is 9.10. The van der Waals surface area contributed by atoms with E-state index in [0.29, 0.717) is 6.54 Å². The monoisotopic (exact) mass is 340 g/mol. The zero-order valence-electron chi connectivity index (χ0n) is 11.8. The molecule has 0 aliphatic carbocycles. The van der Waals surface area contributed by atoms with Crippen molar-refractivity contribution in [2.45, 2.75) is 13.3 Å². The van der Waals surface area contributed by atoms with Crippen molar-refractivity contribution in [1.29, 1.82) is 0 Å². The molecule has 1 N–H and O–H groups in total. The quantitative estimate of drug-likeness (QED) is 0.913. The molecule has 110 valence electrons. The van der Waals surface area contributed by atoms with Crippen molar-refractivity contribution in [2.75, 3.05) is 39.3 Å². The number of hydrogen-bond donors (Lipinski definition) is 1. The van der Waals surface area contributed by atoms with E-state index in [9.17, 15) is 4.79 Å². The Bertz CT molecular complexity index is 479. The number of β-amino-alcohol motifs (C(OH)–C–C–N with tert-alkyl or cyclic N) is 1. The molecule has 1 amide bonds. The Hall–Kier alpha value is -0.910. The predicted molar refractivity (Wildman–Crippen MR) is 82.9 cm³/mol. The lowest BCUT2D eigenvalue weighted by atomic mass is 10.1. The summed E-state index contributed by atoms with van der Waals surface area (Å²) in [5.74, 6) is 0.112. The van der Waals surface area contributed by atoms with Crippen LogP contribution in [-0.4, -0.2) is 60.1 Å². The van der Waals surface area contributed by atoms with Crippen LogP contribution in [0, 0.1) is 6.92 Å². The Morgan fingerprint density at radius 2 is 2.10 bits per heavy atom. The fourth-order valence-electron chi connectivity index (χ4n) is 2.58. The fourth-order valence-corrected chi connectivity index (χ4v) is 3.05. The van der Waals surface area contributed by atoms with Gasteiger partial charge >= 0.3 is 0 Å². The van der Waals surface area contributed by atoms with Crippen LogP contribution >= 0.6 is 15.9 Å². The lowest BCUT2D eigenvalue weighted by molar-refractivity contribution is 0.0760. The minimum atomic E-state index is 0.112. The lowest BCUT2D eigenvalue weighted by Gasteiger charge is -2.22. The molecule has 2 rings (SSSR count). The van der Waals surface area contributed by atoms with Crippen molar-refractivity contribution in [3.63, 3.8) is 0 Å². The van der Waals surface area contributed by atoms with E-state index in [4.69, 9.17) is 5.11 Å². The number of aryl methyl sites for hydroxylation is 1. The number of aliphatic hydroxyl groups is 1. The molecule has 0 unspecified atom stereocenters. The van der Waals surface area contributed by atoms with Gasteiger partial charge in [0.25, 0.3) is 5.91 Å². The van der Waals surface area contributed by atoms with Crippen molar-refractivity contribution < 1.29 is 9.90 Å². The first-order valence-electron chi connectivity index (χ1n) is 7.00. The van der Waals surface area contributed by atoms with Crippen molar-refractivity contribution in [2.24, 2.45) is 0 Å². The number of amides is 1. The number of hydrogen-bond acceptors (Lipinski definition) is 3. The summed E-state index contributed by atoms with van der Waals surface area (Å²) in [4.78, 5) is 16.7. The average Bonchev–Trinajstić information content (AvgIpc) is 2.64. The average molecular weight is 341 g/mol. The molecule has 1 saturated heterocycles. The Morgan fingerprint density at radius 1 is 1.30 bits per heavy atom. The minimum Gasteiger partial charge on any atom is -0.395 e. The molecule has 0 spiro atoms. The summed E-state index contributed by atoms with van der Waals surface area (Å²) in [7, 11) is 0. The van der Waals surface area contributed by atoms with Gasteiger partial charge in [-0.05, 0) is 43.7 Å². The van der Waals surface area contributed by atoms with Crippen LogP contribution < -0.4 is 0 Å².